The Kier molecular flexibility index (Phi) is 4.66. The summed E-state index contributed by atoms with van der Waals surface area (Å²) in [6.45, 7) is 1.24. The molecule has 2 aromatic carbocycles. The molecule has 1 unspecified atom stereocenters. The van der Waals surface area contributed by atoms with Crippen molar-refractivity contribution in [2.75, 3.05) is 18.5 Å². The first-order valence-electron chi connectivity index (χ1n) is 7.62. The predicted molar refractivity (Wildman–Crippen MR) is 91.1 cm³/mol. The molecule has 1 aromatic heterocycles. The fraction of sp³-hybridized carbons (Fsp3) is 0.211. The Morgan fingerprint density at radius 2 is 1.77 bits per heavy atom. The molecule has 0 radical (unpaired) electrons. The zero-order valence-electron chi connectivity index (χ0n) is 12.4. The highest BCUT2D eigenvalue weighted by Gasteiger charge is 2.17. The summed E-state index contributed by atoms with van der Waals surface area (Å²) in [7, 11) is 0. The first kappa shape index (κ1) is 14.5. The van der Waals surface area contributed by atoms with Crippen LogP contribution < -0.4 is 5.32 Å². The molecule has 4 rings (SSSR count). The third kappa shape index (κ3) is 3.26. The Morgan fingerprint density at radius 1 is 1.00 bits per heavy atom. The van der Waals surface area contributed by atoms with Crippen LogP contribution in [0.3, 0.4) is 0 Å². The third-order valence-electron chi connectivity index (χ3n) is 3.94. The quantitative estimate of drug-likeness (QED) is 0.717. The SMILES string of the molecule is OCC1CCNc2ccccc21.c1ccc2ncccc2c1. The van der Waals surface area contributed by atoms with E-state index in [0.717, 1.165) is 18.5 Å². The molecular formula is C19H20N2O. The van der Waals surface area contributed by atoms with Gasteiger partial charge < -0.3 is 10.4 Å². The van der Waals surface area contributed by atoms with Gasteiger partial charge in [-0.05, 0) is 30.2 Å². The second-order valence-electron chi connectivity index (χ2n) is 5.38. The molecular weight excluding hydrogens is 272 g/mol. The average Bonchev–Trinajstić information content (AvgIpc) is 2.62. The lowest BCUT2D eigenvalue weighted by molar-refractivity contribution is 0.259. The van der Waals surface area contributed by atoms with Gasteiger partial charge in [0.05, 0.1) is 12.1 Å². The van der Waals surface area contributed by atoms with Gasteiger partial charge in [-0.1, -0.05) is 42.5 Å². The minimum atomic E-state index is 0.263. The Hall–Kier alpha value is -2.39. The standard InChI is InChI=1S/C10H13NO.C9H7N/c12-7-8-5-6-11-10-4-2-1-3-9(8)10;1-2-6-9-8(4-1)5-3-7-10-9/h1-4,8,11-12H,5-7H2;1-7H. The number of anilines is 1. The third-order valence-corrected chi connectivity index (χ3v) is 3.94. The van der Waals surface area contributed by atoms with Crippen molar-refractivity contribution in [2.24, 2.45) is 0 Å². The Labute approximate surface area is 130 Å². The van der Waals surface area contributed by atoms with E-state index in [0.29, 0.717) is 5.92 Å². The van der Waals surface area contributed by atoms with E-state index in [9.17, 15) is 0 Å². The van der Waals surface area contributed by atoms with Crippen LogP contribution in [-0.4, -0.2) is 23.2 Å². The number of aliphatic hydroxyl groups excluding tert-OH is 1. The molecule has 0 bridgehead atoms. The van der Waals surface area contributed by atoms with Gasteiger partial charge in [-0.15, -0.1) is 0 Å². The molecule has 3 aromatic rings. The molecule has 0 fully saturated rings. The topological polar surface area (TPSA) is 45.1 Å². The summed E-state index contributed by atoms with van der Waals surface area (Å²) in [5, 5.41) is 13.6. The van der Waals surface area contributed by atoms with Gasteiger partial charge in [0.15, 0.2) is 0 Å². The van der Waals surface area contributed by atoms with E-state index in [1.165, 1.54) is 16.6 Å². The zero-order chi connectivity index (χ0) is 15.2. The van der Waals surface area contributed by atoms with E-state index in [2.05, 4.69) is 34.6 Å². The molecule has 0 saturated carbocycles. The van der Waals surface area contributed by atoms with Crippen LogP contribution in [0.5, 0.6) is 0 Å². The molecule has 1 atom stereocenters. The molecule has 1 aliphatic rings. The average molecular weight is 292 g/mol. The van der Waals surface area contributed by atoms with Crippen molar-refractivity contribution < 1.29 is 5.11 Å². The predicted octanol–water partition coefficient (Wildman–Crippen LogP) is 3.81. The van der Waals surface area contributed by atoms with E-state index in [1.54, 1.807) is 0 Å². The lowest BCUT2D eigenvalue weighted by Gasteiger charge is -2.24. The van der Waals surface area contributed by atoms with Gasteiger partial charge in [-0.3, -0.25) is 4.98 Å². The van der Waals surface area contributed by atoms with E-state index >= 15 is 0 Å². The summed E-state index contributed by atoms with van der Waals surface area (Å²) in [6.07, 6.45) is 2.84. The molecule has 2 heterocycles. The lowest BCUT2D eigenvalue weighted by atomic mass is 9.92. The summed E-state index contributed by atoms with van der Waals surface area (Å²) < 4.78 is 0. The Balaban J connectivity index is 0.000000133. The van der Waals surface area contributed by atoms with Gasteiger partial charge in [0.2, 0.25) is 0 Å². The van der Waals surface area contributed by atoms with Crippen LogP contribution in [0.1, 0.15) is 17.9 Å². The maximum Gasteiger partial charge on any atom is 0.0701 e. The van der Waals surface area contributed by atoms with Crippen LogP contribution in [-0.2, 0) is 0 Å². The molecule has 112 valence electrons. The van der Waals surface area contributed by atoms with E-state index in [1.807, 2.05) is 42.6 Å². The number of hydrogen-bond acceptors (Lipinski definition) is 3. The van der Waals surface area contributed by atoms with Crippen LogP contribution in [0.25, 0.3) is 10.9 Å². The van der Waals surface area contributed by atoms with Crippen LogP contribution in [0.2, 0.25) is 0 Å². The van der Waals surface area contributed by atoms with Crippen molar-refractivity contribution in [3.63, 3.8) is 0 Å². The maximum absolute atomic E-state index is 9.11. The molecule has 1 aliphatic heterocycles. The molecule has 3 heteroatoms. The molecule has 0 saturated heterocycles. The fourth-order valence-electron chi connectivity index (χ4n) is 2.76. The van der Waals surface area contributed by atoms with Crippen molar-refractivity contribution in [3.05, 3.63) is 72.4 Å². The molecule has 0 amide bonds. The van der Waals surface area contributed by atoms with Crippen molar-refractivity contribution in [1.29, 1.82) is 0 Å². The number of nitrogens with one attached hydrogen (secondary N) is 1. The van der Waals surface area contributed by atoms with Crippen molar-refractivity contribution in [3.8, 4) is 0 Å². The van der Waals surface area contributed by atoms with Crippen molar-refractivity contribution >= 4 is 16.6 Å². The van der Waals surface area contributed by atoms with Crippen molar-refractivity contribution in [1.82, 2.24) is 4.98 Å². The summed E-state index contributed by atoms with van der Waals surface area (Å²) in [6, 6.07) is 20.3. The number of rotatable bonds is 1. The molecule has 2 N–H and O–H groups in total. The number of benzene rings is 2. The van der Waals surface area contributed by atoms with E-state index in [-0.39, 0.29) is 6.61 Å². The minimum absolute atomic E-state index is 0.263. The summed E-state index contributed by atoms with van der Waals surface area (Å²) in [5.74, 6) is 0.336. The monoisotopic (exact) mass is 292 g/mol. The van der Waals surface area contributed by atoms with Gasteiger partial charge in [0.25, 0.3) is 0 Å². The number of nitrogens with zero attached hydrogens (tertiary/aromatic N) is 1. The number of aliphatic hydroxyl groups is 1. The summed E-state index contributed by atoms with van der Waals surface area (Å²) in [4.78, 5) is 4.18. The lowest BCUT2D eigenvalue weighted by Crippen LogP contribution is -2.18. The van der Waals surface area contributed by atoms with Gasteiger partial charge in [0.1, 0.15) is 0 Å². The van der Waals surface area contributed by atoms with E-state index < -0.39 is 0 Å². The first-order valence-corrected chi connectivity index (χ1v) is 7.62. The number of pyridine rings is 1. The minimum Gasteiger partial charge on any atom is -0.396 e. The highest BCUT2D eigenvalue weighted by Crippen LogP contribution is 2.30. The van der Waals surface area contributed by atoms with Crippen LogP contribution in [0.4, 0.5) is 5.69 Å². The van der Waals surface area contributed by atoms with Gasteiger partial charge in [0, 0.05) is 29.7 Å². The first-order chi connectivity index (χ1) is 10.9. The number of aromatic nitrogens is 1. The number of hydrogen-bond donors (Lipinski definition) is 2. The highest BCUT2D eigenvalue weighted by atomic mass is 16.3. The molecule has 3 nitrogen and oxygen atoms in total. The maximum atomic E-state index is 9.11. The second-order valence-corrected chi connectivity index (χ2v) is 5.38. The highest BCUT2D eigenvalue weighted by molar-refractivity contribution is 5.77. The normalized spacial score (nSPS) is 16.1. The number of fused-ring (bicyclic) bond motifs is 2. The Morgan fingerprint density at radius 3 is 2.64 bits per heavy atom. The smallest absolute Gasteiger partial charge is 0.0701 e. The van der Waals surface area contributed by atoms with Crippen LogP contribution >= 0.6 is 0 Å². The molecule has 0 aliphatic carbocycles. The largest absolute Gasteiger partial charge is 0.396 e. The van der Waals surface area contributed by atoms with Gasteiger partial charge >= 0.3 is 0 Å². The Bertz CT molecular complexity index is 677. The van der Waals surface area contributed by atoms with Gasteiger partial charge in [-0.25, -0.2) is 0 Å². The second kappa shape index (κ2) is 7.05. The van der Waals surface area contributed by atoms with Crippen LogP contribution in [0.15, 0.2) is 66.9 Å². The summed E-state index contributed by atoms with van der Waals surface area (Å²) in [5.41, 5.74) is 3.50. The molecule has 0 spiro atoms. The van der Waals surface area contributed by atoms with Crippen LogP contribution in [0, 0.1) is 0 Å². The van der Waals surface area contributed by atoms with Crippen molar-refractivity contribution in [2.45, 2.75) is 12.3 Å². The van der Waals surface area contributed by atoms with Gasteiger partial charge in [-0.2, -0.15) is 0 Å². The number of para-hydroxylation sites is 2. The van der Waals surface area contributed by atoms with E-state index in [4.69, 9.17) is 5.11 Å². The summed E-state index contributed by atoms with van der Waals surface area (Å²) >= 11 is 0. The molecule has 22 heavy (non-hydrogen) atoms. The fourth-order valence-corrected chi connectivity index (χ4v) is 2.76. The zero-order valence-corrected chi connectivity index (χ0v) is 12.4.